The summed E-state index contributed by atoms with van der Waals surface area (Å²) in [7, 11) is 0. The minimum atomic E-state index is 0.535. The van der Waals surface area contributed by atoms with E-state index in [2.05, 4.69) is 35.5 Å². The van der Waals surface area contributed by atoms with Gasteiger partial charge in [0.25, 0.3) is 0 Å². The maximum atomic E-state index is 4.60. The van der Waals surface area contributed by atoms with Gasteiger partial charge in [-0.25, -0.2) is 4.98 Å². The molecule has 8 heteroatoms. The van der Waals surface area contributed by atoms with Crippen LogP contribution in [0.1, 0.15) is 10.6 Å². The fourth-order valence-corrected chi connectivity index (χ4v) is 3.29. The lowest BCUT2D eigenvalue weighted by molar-refractivity contribution is 1.04. The maximum absolute atomic E-state index is 4.60. The number of pyridine rings is 2. The second kappa shape index (κ2) is 6.78. The van der Waals surface area contributed by atoms with E-state index in [0.29, 0.717) is 18.3 Å². The molecule has 4 aromatic rings. The van der Waals surface area contributed by atoms with E-state index in [1.165, 1.54) is 0 Å². The van der Waals surface area contributed by atoms with Gasteiger partial charge in [0.05, 0.1) is 17.9 Å². The number of aromatic amines is 1. The standard InChI is InChI=1S/C17H15N7S/c1-11-14(25-16(21-11)13-7-3-5-9-19-13)10-20-17-22-15(23-24-17)12-6-2-4-8-18-12/h2-9H,10H2,1H3,(H2,20,22,23,24). The van der Waals surface area contributed by atoms with Gasteiger partial charge >= 0.3 is 0 Å². The van der Waals surface area contributed by atoms with Gasteiger partial charge in [-0.15, -0.1) is 16.4 Å². The van der Waals surface area contributed by atoms with Gasteiger partial charge in [-0.3, -0.25) is 15.1 Å². The third-order valence-corrected chi connectivity index (χ3v) is 4.76. The van der Waals surface area contributed by atoms with Gasteiger partial charge in [0.15, 0.2) is 5.82 Å². The van der Waals surface area contributed by atoms with E-state index < -0.39 is 0 Å². The van der Waals surface area contributed by atoms with E-state index in [9.17, 15) is 0 Å². The molecule has 0 amide bonds. The Bertz CT molecular complexity index is 963. The van der Waals surface area contributed by atoms with Crippen LogP contribution in [-0.2, 0) is 6.54 Å². The molecule has 0 radical (unpaired) electrons. The van der Waals surface area contributed by atoms with E-state index in [1.54, 1.807) is 23.7 Å². The number of hydrogen-bond donors (Lipinski definition) is 2. The summed E-state index contributed by atoms with van der Waals surface area (Å²) in [5.41, 5.74) is 2.63. The molecule has 4 aromatic heterocycles. The van der Waals surface area contributed by atoms with Crippen LogP contribution < -0.4 is 5.32 Å². The fourth-order valence-electron chi connectivity index (χ4n) is 2.31. The molecule has 0 saturated carbocycles. The smallest absolute Gasteiger partial charge is 0.242 e. The Morgan fingerprint density at radius 2 is 1.76 bits per heavy atom. The molecule has 0 unspecified atom stereocenters. The molecule has 0 saturated heterocycles. The van der Waals surface area contributed by atoms with Crippen molar-refractivity contribution in [3.05, 3.63) is 59.4 Å². The number of nitrogens with one attached hydrogen (secondary N) is 2. The van der Waals surface area contributed by atoms with Crippen LogP contribution in [0.4, 0.5) is 5.95 Å². The summed E-state index contributed by atoms with van der Waals surface area (Å²) in [6, 6.07) is 11.5. The third-order valence-electron chi connectivity index (χ3n) is 3.58. The minimum absolute atomic E-state index is 0.535. The summed E-state index contributed by atoms with van der Waals surface area (Å²) in [6.07, 6.45) is 3.50. The monoisotopic (exact) mass is 349 g/mol. The lowest BCUT2D eigenvalue weighted by Crippen LogP contribution is -2.00. The molecule has 4 rings (SSSR count). The topological polar surface area (TPSA) is 92.3 Å². The van der Waals surface area contributed by atoms with Gasteiger partial charge in [0.2, 0.25) is 5.95 Å². The van der Waals surface area contributed by atoms with Crippen LogP contribution in [0.5, 0.6) is 0 Å². The highest BCUT2D eigenvalue weighted by Gasteiger charge is 2.11. The van der Waals surface area contributed by atoms with Crippen LogP contribution in [0.2, 0.25) is 0 Å². The Labute approximate surface area is 148 Å². The molecule has 0 aliphatic carbocycles. The van der Waals surface area contributed by atoms with Crippen LogP contribution in [0.3, 0.4) is 0 Å². The summed E-state index contributed by atoms with van der Waals surface area (Å²) in [5.74, 6) is 1.17. The first-order chi connectivity index (χ1) is 12.3. The first-order valence-electron chi connectivity index (χ1n) is 7.75. The van der Waals surface area contributed by atoms with Crippen molar-refractivity contribution in [3.63, 3.8) is 0 Å². The van der Waals surface area contributed by atoms with E-state index in [4.69, 9.17) is 0 Å². The number of rotatable bonds is 5. The zero-order chi connectivity index (χ0) is 17.1. The number of aryl methyl sites for hydroxylation is 1. The lowest BCUT2D eigenvalue weighted by atomic mass is 10.3. The van der Waals surface area contributed by atoms with Gasteiger partial charge in [0.1, 0.15) is 10.7 Å². The average molecular weight is 349 g/mol. The van der Waals surface area contributed by atoms with Crippen molar-refractivity contribution >= 4 is 17.3 Å². The predicted octanol–water partition coefficient (Wildman–Crippen LogP) is 3.31. The first kappa shape index (κ1) is 15.4. The van der Waals surface area contributed by atoms with Crippen molar-refractivity contribution in [1.29, 1.82) is 0 Å². The van der Waals surface area contributed by atoms with Gasteiger partial charge in [0, 0.05) is 17.3 Å². The predicted molar refractivity (Wildman–Crippen MR) is 97.0 cm³/mol. The molecule has 0 aromatic carbocycles. The zero-order valence-electron chi connectivity index (χ0n) is 13.5. The Balaban J connectivity index is 1.47. The van der Waals surface area contributed by atoms with Gasteiger partial charge < -0.3 is 5.32 Å². The van der Waals surface area contributed by atoms with Crippen LogP contribution in [0.15, 0.2) is 48.8 Å². The third kappa shape index (κ3) is 3.38. The van der Waals surface area contributed by atoms with Crippen LogP contribution in [0, 0.1) is 6.92 Å². The highest BCUT2D eigenvalue weighted by Crippen LogP contribution is 2.26. The van der Waals surface area contributed by atoms with Crippen LogP contribution in [-0.4, -0.2) is 30.1 Å². The Morgan fingerprint density at radius 1 is 1.00 bits per heavy atom. The van der Waals surface area contributed by atoms with Crippen molar-refractivity contribution in [3.8, 4) is 22.2 Å². The molecule has 0 aliphatic rings. The molecule has 124 valence electrons. The van der Waals surface area contributed by atoms with E-state index >= 15 is 0 Å². The summed E-state index contributed by atoms with van der Waals surface area (Å²) < 4.78 is 0. The Morgan fingerprint density at radius 3 is 2.48 bits per heavy atom. The largest absolute Gasteiger partial charge is 0.348 e. The zero-order valence-corrected chi connectivity index (χ0v) is 14.3. The lowest BCUT2D eigenvalue weighted by Gasteiger charge is -1.99. The second-order valence-electron chi connectivity index (χ2n) is 5.32. The fraction of sp³-hybridized carbons (Fsp3) is 0.118. The van der Waals surface area contributed by atoms with Crippen molar-refractivity contribution < 1.29 is 0 Å². The number of hydrogen-bond acceptors (Lipinski definition) is 7. The summed E-state index contributed by atoms with van der Waals surface area (Å²) >= 11 is 1.62. The van der Waals surface area contributed by atoms with Gasteiger partial charge in [-0.1, -0.05) is 12.1 Å². The molecule has 0 atom stereocenters. The highest BCUT2D eigenvalue weighted by molar-refractivity contribution is 7.15. The molecular weight excluding hydrogens is 334 g/mol. The Hall–Kier alpha value is -3.13. The van der Waals surface area contributed by atoms with Crippen molar-refractivity contribution in [2.24, 2.45) is 0 Å². The summed E-state index contributed by atoms with van der Waals surface area (Å²) in [6.45, 7) is 2.60. The second-order valence-corrected chi connectivity index (χ2v) is 6.40. The molecule has 0 bridgehead atoms. The Kier molecular flexibility index (Phi) is 4.17. The van der Waals surface area contributed by atoms with Crippen molar-refractivity contribution in [1.82, 2.24) is 30.1 Å². The molecule has 25 heavy (non-hydrogen) atoms. The van der Waals surface area contributed by atoms with Gasteiger partial charge in [-0.2, -0.15) is 4.98 Å². The highest BCUT2D eigenvalue weighted by atomic mass is 32.1. The van der Waals surface area contributed by atoms with E-state index in [-0.39, 0.29) is 0 Å². The number of H-pyrrole nitrogens is 1. The molecule has 2 N–H and O–H groups in total. The quantitative estimate of drug-likeness (QED) is 0.574. The maximum Gasteiger partial charge on any atom is 0.242 e. The van der Waals surface area contributed by atoms with Gasteiger partial charge in [-0.05, 0) is 31.2 Å². The summed E-state index contributed by atoms with van der Waals surface area (Å²) in [4.78, 5) is 18.8. The molecule has 7 nitrogen and oxygen atoms in total. The number of anilines is 1. The molecule has 0 aliphatic heterocycles. The van der Waals surface area contributed by atoms with Crippen LogP contribution in [0.25, 0.3) is 22.2 Å². The van der Waals surface area contributed by atoms with Crippen LogP contribution >= 0.6 is 11.3 Å². The average Bonchev–Trinajstić information content (AvgIpc) is 3.28. The summed E-state index contributed by atoms with van der Waals surface area (Å²) in [5, 5.41) is 11.2. The molecule has 0 spiro atoms. The number of aromatic nitrogens is 6. The van der Waals surface area contributed by atoms with Crippen molar-refractivity contribution in [2.75, 3.05) is 5.32 Å². The SMILES string of the molecule is Cc1nc(-c2ccccn2)sc1CNc1n[nH]c(-c2ccccn2)n1. The molecular formula is C17H15N7S. The normalized spacial score (nSPS) is 10.8. The first-order valence-corrected chi connectivity index (χ1v) is 8.56. The van der Waals surface area contributed by atoms with E-state index in [0.717, 1.165) is 27.0 Å². The van der Waals surface area contributed by atoms with Crippen molar-refractivity contribution in [2.45, 2.75) is 13.5 Å². The minimum Gasteiger partial charge on any atom is -0.348 e. The molecule has 4 heterocycles. The number of thiazole rings is 1. The number of nitrogens with zero attached hydrogens (tertiary/aromatic N) is 5. The molecule has 0 fully saturated rings. The van der Waals surface area contributed by atoms with E-state index in [1.807, 2.05) is 43.3 Å².